The molecular formula is C17H14O3. The predicted octanol–water partition coefficient (Wildman–Crippen LogP) is 3.29. The number of hydrogen-bond acceptors (Lipinski definition) is 2. The van der Waals surface area contributed by atoms with E-state index >= 15 is 0 Å². The standard InChI is InChI=1S/C17H14O3/c18-16(19)12-11-15(13-7-3-1-4-8-13)17(20)14-9-5-2-6-10-14/h1-12,15H,(H,18,19). The summed E-state index contributed by atoms with van der Waals surface area (Å²) in [7, 11) is 0. The largest absolute Gasteiger partial charge is 0.478 e. The third-order valence-electron chi connectivity index (χ3n) is 2.93. The number of carbonyl (C=O) groups excluding carboxylic acids is 1. The molecule has 0 aliphatic rings. The summed E-state index contributed by atoms with van der Waals surface area (Å²) < 4.78 is 0. The number of aliphatic carboxylic acids is 1. The van der Waals surface area contributed by atoms with Gasteiger partial charge in [0.05, 0.1) is 5.92 Å². The van der Waals surface area contributed by atoms with E-state index in [0.29, 0.717) is 5.56 Å². The smallest absolute Gasteiger partial charge is 0.328 e. The van der Waals surface area contributed by atoms with Crippen LogP contribution < -0.4 is 0 Å². The molecule has 20 heavy (non-hydrogen) atoms. The lowest BCUT2D eigenvalue weighted by Crippen LogP contribution is -2.11. The van der Waals surface area contributed by atoms with E-state index in [4.69, 9.17) is 5.11 Å². The van der Waals surface area contributed by atoms with Crippen molar-refractivity contribution in [1.82, 2.24) is 0 Å². The van der Waals surface area contributed by atoms with Gasteiger partial charge in [-0.05, 0) is 5.56 Å². The number of Topliss-reactive ketones (excluding diaryl/α,β-unsaturated/α-hetero) is 1. The number of hydrogen-bond donors (Lipinski definition) is 1. The molecule has 0 heterocycles. The zero-order chi connectivity index (χ0) is 14.4. The van der Waals surface area contributed by atoms with Gasteiger partial charge in [-0.3, -0.25) is 4.79 Å². The minimum Gasteiger partial charge on any atom is -0.478 e. The van der Waals surface area contributed by atoms with Crippen LogP contribution in [0.3, 0.4) is 0 Å². The lowest BCUT2D eigenvalue weighted by atomic mass is 9.90. The lowest BCUT2D eigenvalue weighted by molar-refractivity contribution is -0.131. The van der Waals surface area contributed by atoms with Gasteiger partial charge in [-0.1, -0.05) is 66.7 Å². The Morgan fingerprint density at radius 1 is 0.900 bits per heavy atom. The van der Waals surface area contributed by atoms with Crippen LogP contribution in [-0.4, -0.2) is 16.9 Å². The minimum absolute atomic E-state index is 0.116. The van der Waals surface area contributed by atoms with Gasteiger partial charge in [0.25, 0.3) is 0 Å². The van der Waals surface area contributed by atoms with E-state index in [2.05, 4.69) is 0 Å². The highest BCUT2D eigenvalue weighted by Gasteiger charge is 2.19. The van der Waals surface area contributed by atoms with Gasteiger partial charge in [-0.25, -0.2) is 4.79 Å². The first-order valence-corrected chi connectivity index (χ1v) is 6.24. The number of allylic oxidation sites excluding steroid dienone is 1. The summed E-state index contributed by atoms with van der Waals surface area (Å²) in [5, 5.41) is 8.76. The summed E-state index contributed by atoms with van der Waals surface area (Å²) in [6.45, 7) is 0. The molecule has 3 nitrogen and oxygen atoms in total. The molecule has 0 saturated heterocycles. The Hall–Kier alpha value is -2.68. The van der Waals surface area contributed by atoms with Crippen LogP contribution in [0.4, 0.5) is 0 Å². The molecule has 2 aromatic carbocycles. The van der Waals surface area contributed by atoms with Crippen LogP contribution in [-0.2, 0) is 4.79 Å². The lowest BCUT2D eigenvalue weighted by Gasteiger charge is -2.12. The number of carbonyl (C=O) groups is 2. The molecule has 1 N–H and O–H groups in total. The number of rotatable bonds is 5. The van der Waals surface area contributed by atoms with Gasteiger partial charge >= 0.3 is 5.97 Å². The summed E-state index contributed by atoms with van der Waals surface area (Å²) in [6, 6.07) is 18.0. The molecule has 0 fully saturated rings. The average molecular weight is 266 g/mol. The second-order valence-corrected chi connectivity index (χ2v) is 4.32. The van der Waals surface area contributed by atoms with Gasteiger partial charge in [-0.2, -0.15) is 0 Å². The molecule has 0 amide bonds. The van der Waals surface area contributed by atoms with E-state index in [1.54, 1.807) is 24.3 Å². The third kappa shape index (κ3) is 3.42. The normalized spacial score (nSPS) is 12.2. The number of carboxylic acids is 1. The fourth-order valence-electron chi connectivity index (χ4n) is 1.97. The van der Waals surface area contributed by atoms with Crippen LogP contribution in [0.25, 0.3) is 0 Å². The van der Waals surface area contributed by atoms with Crippen molar-refractivity contribution in [3.05, 3.63) is 83.9 Å². The molecule has 2 rings (SSSR count). The molecule has 0 spiro atoms. The Morgan fingerprint density at radius 3 is 2.00 bits per heavy atom. The molecule has 3 heteroatoms. The number of ketones is 1. The van der Waals surface area contributed by atoms with Gasteiger partial charge in [0.2, 0.25) is 0 Å². The van der Waals surface area contributed by atoms with E-state index in [9.17, 15) is 9.59 Å². The second-order valence-electron chi connectivity index (χ2n) is 4.32. The van der Waals surface area contributed by atoms with Gasteiger partial charge in [-0.15, -0.1) is 0 Å². The Labute approximate surface area is 117 Å². The van der Waals surface area contributed by atoms with Gasteiger partial charge < -0.3 is 5.11 Å². The van der Waals surface area contributed by atoms with Crippen molar-refractivity contribution in [2.24, 2.45) is 0 Å². The SMILES string of the molecule is O=C(O)C=CC(C(=O)c1ccccc1)c1ccccc1. The van der Waals surface area contributed by atoms with Crippen LogP contribution >= 0.6 is 0 Å². The third-order valence-corrected chi connectivity index (χ3v) is 2.93. The van der Waals surface area contributed by atoms with Crippen molar-refractivity contribution in [3.63, 3.8) is 0 Å². The summed E-state index contributed by atoms with van der Waals surface area (Å²) in [5.41, 5.74) is 1.34. The van der Waals surface area contributed by atoms with Crippen LogP contribution in [0.1, 0.15) is 21.8 Å². The molecule has 0 bridgehead atoms. The molecule has 2 aromatic rings. The summed E-state index contributed by atoms with van der Waals surface area (Å²) in [5.74, 6) is -1.77. The van der Waals surface area contributed by atoms with Crippen LogP contribution in [0.2, 0.25) is 0 Å². The first-order chi connectivity index (χ1) is 9.68. The van der Waals surface area contributed by atoms with E-state index in [1.165, 1.54) is 6.08 Å². The monoisotopic (exact) mass is 266 g/mol. The topological polar surface area (TPSA) is 54.4 Å². The van der Waals surface area contributed by atoms with Crippen molar-refractivity contribution in [2.75, 3.05) is 0 Å². The highest BCUT2D eigenvalue weighted by atomic mass is 16.4. The maximum Gasteiger partial charge on any atom is 0.328 e. The average Bonchev–Trinajstić information content (AvgIpc) is 2.49. The zero-order valence-electron chi connectivity index (χ0n) is 10.8. The van der Waals surface area contributed by atoms with E-state index in [-0.39, 0.29) is 5.78 Å². The summed E-state index contributed by atoms with van der Waals surface area (Å²) >= 11 is 0. The Morgan fingerprint density at radius 2 is 1.45 bits per heavy atom. The van der Waals surface area contributed by atoms with Gasteiger partial charge in [0.15, 0.2) is 5.78 Å². The van der Waals surface area contributed by atoms with Gasteiger partial charge in [0.1, 0.15) is 0 Å². The molecule has 0 aromatic heterocycles. The predicted molar refractivity (Wildman–Crippen MR) is 76.7 cm³/mol. The first-order valence-electron chi connectivity index (χ1n) is 6.24. The maximum atomic E-state index is 12.5. The maximum absolute atomic E-state index is 12.5. The molecule has 0 saturated carbocycles. The van der Waals surface area contributed by atoms with E-state index < -0.39 is 11.9 Å². The summed E-state index contributed by atoms with van der Waals surface area (Å²) in [6.07, 6.45) is 2.44. The van der Waals surface area contributed by atoms with Crippen molar-refractivity contribution >= 4 is 11.8 Å². The zero-order valence-corrected chi connectivity index (χ0v) is 10.8. The molecule has 0 aliphatic carbocycles. The Bertz CT molecular complexity index is 615. The molecule has 1 unspecified atom stereocenters. The van der Waals surface area contributed by atoms with Crippen molar-refractivity contribution in [2.45, 2.75) is 5.92 Å². The van der Waals surface area contributed by atoms with Crippen LogP contribution in [0.5, 0.6) is 0 Å². The van der Waals surface area contributed by atoms with E-state index in [0.717, 1.165) is 11.6 Å². The highest BCUT2D eigenvalue weighted by Crippen LogP contribution is 2.22. The quantitative estimate of drug-likeness (QED) is 0.667. The number of benzene rings is 2. The number of carboxylic acid groups (broad SMARTS) is 1. The highest BCUT2D eigenvalue weighted by molar-refractivity contribution is 6.02. The first kappa shape index (κ1) is 13.7. The molecule has 0 radical (unpaired) electrons. The Balaban J connectivity index is 2.37. The van der Waals surface area contributed by atoms with Crippen molar-refractivity contribution in [3.8, 4) is 0 Å². The molecular weight excluding hydrogens is 252 g/mol. The second kappa shape index (κ2) is 6.48. The molecule has 1 atom stereocenters. The van der Waals surface area contributed by atoms with Crippen molar-refractivity contribution in [1.29, 1.82) is 0 Å². The summed E-state index contributed by atoms with van der Waals surface area (Å²) in [4.78, 5) is 23.2. The van der Waals surface area contributed by atoms with Crippen molar-refractivity contribution < 1.29 is 14.7 Å². The molecule has 0 aliphatic heterocycles. The van der Waals surface area contributed by atoms with Crippen LogP contribution in [0.15, 0.2) is 72.8 Å². The fourth-order valence-corrected chi connectivity index (χ4v) is 1.97. The Kier molecular flexibility index (Phi) is 4.45. The molecule has 100 valence electrons. The van der Waals surface area contributed by atoms with Crippen LogP contribution in [0, 0.1) is 0 Å². The van der Waals surface area contributed by atoms with E-state index in [1.807, 2.05) is 36.4 Å². The minimum atomic E-state index is -1.06. The van der Waals surface area contributed by atoms with Gasteiger partial charge in [0, 0.05) is 11.6 Å². The fraction of sp³-hybridized carbons (Fsp3) is 0.0588.